The van der Waals surface area contributed by atoms with Gasteiger partial charge in [0.05, 0.1) is 10.7 Å². The highest BCUT2D eigenvalue weighted by molar-refractivity contribution is 6.38. The average molecular weight is 507 g/mol. The molecule has 0 bridgehead atoms. The number of amides is 2. The number of carbonyl (C=O) groups excluding carboxylic acids is 2. The van der Waals surface area contributed by atoms with E-state index < -0.39 is 17.4 Å². The van der Waals surface area contributed by atoms with Crippen LogP contribution in [-0.2, 0) is 10.4 Å². The summed E-state index contributed by atoms with van der Waals surface area (Å²) in [5.41, 5.74) is 3.87. The second-order valence-electron chi connectivity index (χ2n) is 7.01. The number of carbonyl (C=O) groups is 2. The summed E-state index contributed by atoms with van der Waals surface area (Å²) in [4.78, 5) is 28.9. The molecule has 10 heteroatoms. The smallest absolute Gasteiger partial charge is 0.268 e. The number of anilines is 1. The van der Waals surface area contributed by atoms with Gasteiger partial charge in [0, 0.05) is 39.8 Å². The van der Waals surface area contributed by atoms with Crippen LogP contribution in [0.1, 0.15) is 35.3 Å². The maximum Gasteiger partial charge on any atom is 0.268 e. The molecule has 31 heavy (non-hydrogen) atoms. The van der Waals surface area contributed by atoms with E-state index in [1.807, 2.05) is 13.8 Å². The first kappa shape index (κ1) is 25.7. The van der Waals surface area contributed by atoms with E-state index in [0.29, 0.717) is 12.2 Å². The number of likely N-dealkylation sites (N-methyl/N-ethyl adjacent to an activating group) is 1. The van der Waals surface area contributed by atoms with Gasteiger partial charge in [-0.25, -0.2) is 0 Å². The number of hydrogen-bond donors (Lipinski definition) is 2. The van der Waals surface area contributed by atoms with Crippen molar-refractivity contribution in [2.24, 2.45) is 5.73 Å². The Morgan fingerprint density at radius 2 is 1.68 bits per heavy atom. The van der Waals surface area contributed by atoms with E-state index in [1.165, 1.54) is 29.2 Å². The Labute approximate surface area is 202 Å². The number of halogens is 4. The topological polar surface area (TPSA) is 86.9 Å². The lowest BCUT2D eigenvalue weighted by Gasteiger charge is -2.27. The van der Waals surface area contributed by atoms with Crippen LogP contribution < -0.4 is 10.6 Å². The van der Waals surface area contributed by atoms with Gasteiger partial charge in [0.2, 0.25) is 11.5 Å². The van der Waals surface area contributed by atoms with Crippen molar-refractivity contribution in [1.82, 2.24) is 4.90 Å². The molecule has 3 N–H and O–H groups in total. The second-order valence-corrected chi connectivity index (χ2v) is 8.23. The van der Waals surface area contributed by atoms with Crippen LogP contribution in [0, 0.1) is 0 Å². The van der Waals surface area contributed by atoms with Gasteiger partial charge in [-0.2, -0.15) is 0 Å². The number of nitrogens with two attached hydrogens (primary N) is 1. The van der Waals surface area contributed by atoms with Gasteiger partial charge in [-0.15, -0.1) is 12.4 Å². The molecule has 1 unspecified atom stereocenters. The quantitative estimate of drug-likeness (QED) is 0.592. The van der Waals surface area contributed by atoms with Gasteiger partial charge in [-0.3, -0.25) is 9.59 Å². The molecule has 0 aromatic heterocycles. The van der Waals surface area contributed by atoms with Crippen molar-refractivity contribution in [3.63, 3.8) is 0 Å². The predicted octanol–water partition coefficient (Wildman–Crippen LogP) is 4.09. The summed E-state index contributed by atoms with van der Waals surface area (Å²) in [5, 5.41) is 12.0. The summed E-state index contributed by atoms with van der Waals surface area (Å²) in [6, 6.07) is 7.50. The number of fused-ring (bicyclic) bond motifs is 1. The third kappa shape index (κ3) is 4.38. The van der Waals surface area contributed by atoms with Crippen molar-refractivity contribution in [3.05, 3.63) is 62.1 Å². The van der Waals surface area contributed by atoms with Crippen LogP contribution >= 0.6 is 47.2 Å². The molecule has 0 spiro atoms. The Balaban J connectivity index is 0.00000341. The molecule has 1 aliphatic rings. The van der Waals surface area contributed by atoms with Crippen LogP contribution in [0.25, 0.3) is 0 Å². The third-order valence-corrected chi connectivity index (χ3v) is 6.35. The number of primary amides is 1. The van der Waals surface area contributed by atoms with Crippen LogP contribution in [0.4, 0.5) is 5.69 Å². The molecule has 0 radical (unpaired) electrons. The fourth-order valence-corrected chi connectivity index (χ4v) is 4.82. The summed E-state index contributed by atoms with van der Waals surface area (Å²) in [6.07, 6.45) is 0. The third-order valence-electron chi connectivity index (χ3n) is 5.42. The largest absolute Gasteiger partial charge is 0.372 e. The first-order chi connectivity index (χ1) is 14.2. The van der Waals surface area contributed by atoms with Crippen LogP contribution in [0.5, 0.6) is 0 Å². The number of hydrogen-bond acceptors (Lipinski definition) is 4. The zero-order valence-electron chi connectivity index (χ0n) is 17.0. The van der Waals surface area contributed by atoms with E-state index in [0.717, 1.165) is 13.1 Å². The van der Waals surface area contributed by atoms with Gasteiger partial charge in [0.1, 0.15) is 0 Å². The fraction of sp³-hybridized carbons (Fsp3) is 0.333. The van der Waals surface area contributed by atoms with E-state index in [9.17, 15) is 14.7 Å². The number of nitrogens with zero attached hydrogens (tertiary/aromatic N) is 2. The van der Waals surface area contributed by atoms with Gasteiger partial charge < -0.3 is 20.6 Å². The summed E-state index contributed by atoms with van der Waals surface area (Å²) >= 11 is 19.2. The Morgan fingerprint density at radius 3 is 2.19 bits per heavy atom. The molecular weight excluding hydrogens is 484 g/mol. The molecule has 0 fully saturated rings. The van der Waals surface area contributed by atoms with Crippen molar-refractivity contribution < 1.29 is 14.7 Å². The second kappa shape index (κ2) is 9.94. The van der Waals surface area contributed by atoms with Crippen LogP contribution in [-0.4, -0.2) is 48.0 Å². The average Bonchev–Trinajstić information content (AvgIpc) is 2.90. The number of aliphatic hydroxyl groups is 1. The first-order valence-electron chi connectivity index (χ1n) is 9.51. The highest BCUT2D eigenvalue weighted by atomic mass is 35.5. The van der Waals surface area contributed by atoms with Crippen molar-refractivity contribution >= 4 is 64.7 Å². The minimum Gasteiger partial charge on any atom is -0.372 e. The lowest BCUT2D eigenvalue weighted by Crippen LogP contribution is -2.44. The summed E-state index contributed by atoms with van der Waals surface area (Å²) in [6.45, 7) is 6.47. The molecule has 2 aromatic rings. The molecule has 0 saturated carbocycles. The predicted molar refractivity (Wildman–Crippen MR) is 127 cm³/mol. The van der Waals surface area contributed by atoms with Gasteiger partial charge >= 0.3 is 0 Å². The highest BCUT2D eigenvalue weighted by Crippen LogP contribution is 2.51. The Morgan fingerprint density at radius 1 is 1.10 bits per heavy atom. The zero-order chi connectivity index (χ0) is 22.2. The van der Waals surface area contributed by atoms with E-state index in [2.05, 4.69) is 4.90 Å². The van der Waals surface area contributed by atoms with Gasteiger partial charge in [-0.05, 0) is 37.4 Å². The number of benzene rings is 2. The van der Waals surface area contributed by atoms with Crippen LogP contribution in [0.2, 0.25) is 15.1 Å². The SMILES string of the molecule is CCN(CC)CCN1C(=O)C(O)(c2c(Cl)cccc2Cl)c2c(Cl)cc(C(N)=O)cc21.Cl. The van der Waals surface area contributed by atoms with Crippen molar-refractivity contribution in [3.8, 4) is 0 Å². The zero-order valence-corrected chi connectivity index (χ0v) is 20.1. The monoisotopic (exact) mass is 505 g/mol. The van der Waals surface area contributed by atoms with Crippen molar-refractivity contribution in [2.45, 2.75) is 19.4 Å². The van der Waals surface area contributed by atoms with Crippen molar-refractivity contribution in [1.29, 1.82) is 0 Å². The van der Waals surface area contributed by atoms with E-state index in [-0.39, 0.29) is 50.7 Å². The number of rotatable bonds is 7. The summed E-state index contributed by atoms with van der Waals surface area (Å²) in [5.74, 6) is -1.33. The molecular formula is C21H23Cl4N3O3. The minimum atomic E-state index is -2.19. The van der Waals surface area contributed by atoms with Crippen LogP contribution in [0.3, 0.4) is 0 Å². The molecule has 168 valence electrons. The van der Waals surface area contributed by atoms with Gasteiger partial charge in [0.15, 0.2) is 0 Å². The maximum absolute atomic E-state index is 13.6. The Bertz CT molecular complexity index is 993. The molecule has 1 aliphatic heterocycles. The first-order valence-corrected chi connectivity index (χ1v) is 10.6. The van der Waals surface area contributed by atoms with Crippen LogP contribution in [0.15, 0.2) is 30.3 Å². The molecule has 0 saturated heterocycles. The van der Waals surface area contributed by atoms with Crippen molar-refractivity contribution in [2.75, 3.05) is 31.1 Å². The normalized spacial score (nSPS) is 17.6. The van der Waals surface area contributed by atoms with Gasteiger partial charge in [0.25, 0.3) is 5.91 Å². The van der Waals surface area contributed by atoms with Gasteiger partial charge in [-0.1, -0.05) is 54.7 Å². The maximum atomic E-state index is 13.6. The Hall–Kier alpha value is -1.54. The minimum absolute atomic E-state index is 0. The molecule has 6 nitrogen and oxygen atoms in total. The molecule has 2 aromatic carbocycles. The molecule has 1 heterocycles. The lowest BCUT2D eigenvalue weighted by molar-refractivity contribution is -0.132. The molecule has 3 rings (SSSR count). The molecule has 2 amide bonds. The lowest BCUT2D eigenvalue weighted by atomic mass is 9.86. The highest BCUT2D eigenvalue weighted by Gasteiger charge is 2.54. The summed E-state index contributed by atoms with van der Waals surface area (Å²) in [7, 11) is 0. The van der Waals surface area contributed by atoms with E-state index in [4.69, 9.17) is 40.5 Å². The standard InChI is InChI=1S/C21H22Cl3N3O3.ClH/c1-3-26(4-2)8-9-27-16-11-12(19(25)28)10-15(24)18(16)21(30,20(27)29)17-13(22)6-5-7-14(17)23;/h5-7,10-11,30H,3-4,8-9H2,1-2H3,(H2,25,28);1H. The van der Waals surface area contributed by atoms with E-state index >= 15 is 0 Å². The summed E-state index contributed by atoms with van der Waals surface area (Å²) < 4.78 is 0. The molecule has 1 atom stereocenters. The fourth-order valence-electron chi connectivity index (χ4n) is 3.80. The Kier molecular flexibility index (Phi) is 8.25. The molecule has 0 aliphatic carbocycles. The van der Waals surface area contributed by atoms with E-state index in [1.54, 1.807) is 6.07 Å².